The van der Waals surface area contributed by atoms with Gasteiger partial charge >= 0.3 is 0 Å². The van der Waals surface area contributed by atoms with Crippen molar-refractivity contribution in [3.05, 3.63) is 29.8 Å². The number of hydrogen-bond acceptors (Lipinski definition) is 2. The number of amides is 1. The summed E-state index contributed by atoms with van der Waals surface area (Å²) in [5.41, 5.74) is 1.24. The van der Waals surface area contributed by atoms with Crippen molar-refractivity contribution < 1.29 is 9.59 Å². The molecular weight excluding hydrogens is 246 g/mol. The quantitative estimate of drug-likeness (QED) is 0.594. The van der Waals surface area contributed by atoms with Crippen LogP contribution in [0, 0.1) is 0 Å². The van der Waals surface area contributed by atoms with Gasteiger partial charge in [-0.1, -0.05) is 28.1 Å². The Morgan fingerprint density at radius 2 is 1.93 bits per heavy atom. The number of alkyl halides is 1. The molecule has 1 aliphatic heterocycles. The minimum Gasteiger partial charge on any atom is -0.304 e. The minimum atomic E-state index is -0.425. The van der Waals surface area contributed by atoms with Gasteiger partial charge in [-0.15, -0.1) is 0 Å². The molecule has 0 saturated carbocycles. The zero-order valence-electron chi connectivity index (χ0n) is 7.37. The van der Waals surface area contributed by atoms with Crippen LogP contribution in [0.3, 0.4) is 0 Å². The normalized spacial score (nSPS) is 14.8. The first-order valence-corrected chi connectivity index (χ1v) is 5.39. The summed E-state index contributed by atoms with van der Waals surface area (Å²) in [5, 5.41) is 0.667. The topological polar surface area (TPSA) is 37.4 Å². The Kier molecular flexibility index (Phi) is 2.37. The van der Waals surface area contributed by atoms with E-state index in [0.29, 0.717) is 17.4 Å². The predicted octanol–water partition coefficient (Wildman–Crippen LogP) is 1.61. The molecule has 0 atom stereocenters. The number of fused-ring (bicyclic) bond motifs is 1. The second kappa shape index (κ2) is 3.53. The molecule has 4 heteroatoms. The molecule has 0 N–H and O–H groups in total. The maximum atomic E-state index is 11.5. The summed E-state index contributed by atoms with van der Waals surface area (Å²) in [7, 11) is 0. The number of anilines is 1. The standard InChI is InChI=1S/C10H8BrNO2/c11-5-6-12-8-4-2-1-3-7(8)9(13)10(12)14/h1-4H,5-6H2. The Labute approximate surface area is 89.8 Å². The summed E-state index contributed by atoms with van der Waals surface area (Å²) in [6.07, 6.45) is 0. The molecule has 1 aromatic rings. The van der Waals surface area contributed by atoms with E-state index in [-0.39, 0.29) is 0 Å². The van der Waals surface area contributed by atoms with Gasteiger partial charge in [0.25, 0.3) is 11.7 Å². The molecule has 72 valence electrons. The van der Waals surface area contributed by atoms with E-state index in [1.807, 2.05) is 6.07 Å². The van der Waals surface area contributed by atoms with E-state index in [9.17, 15) is 9.59 Å². The van der Waals surface area contributed by atoms with Gasteiger partial charge < -0.3 is 4.90 Å². The van der Waals surface area contributed by atoms with Gasteiger partial charge in [0, 0.05) is 11.9 Å². The van der Waals surface area contributed by atoms with Crippen LogP contribution in [-0.2, 0) is 4.79 Å². The van der Waals surface area contributed by atoms with Crippen molar-refractivity contribution in [2.75, 3.05) is 16.8 Å². The summed E-state index contributed by atoms with van der Waals surface area (Å²) in [6.45, 7) is 0.529. The average Bonchev–Trinajstić information content (AvgIpc) is 2.45. The van der Waals surface area contributed by atoms with Crippen molar-refractivity contribution in [1.29, 1.82) is 0 Å². The highest BCUT2D eigenvalue weighted by Crippen LogP contribution is 2.27. The maximum absolute atomic E-state index is 11.5. The number of hydrogen-bond donors (Lipinski definition) is 0. The van der Waals surface area contributed by atoms with Crippen LogP contribution in [0.5, 0.6) is 0 Å². The first kappa shape index (κ1) is 9.40. The van der Waals surface area contributed by atoms with Gasteiger partial charge in [-0.3, -0.25) is 9.59 Å². The number of nitrogens with zero attached hydrogens (tertiary/aromatic N) is 1. The molecule has 0 radical (unpaired) electrons. The molecule has 0 aliphatic carbocycles. The smallest absolute Gasteiger partial charge is 0.299 e. The number of ketones is 1. The molecule has 0 aromatic heterocycles. The number of para-hydroxylation sites is 1. The van der Waals surface area contributed by atoms with Crippen molar-refractivity contribution in [1.82, 2.24) is 0 Å². The lowest BCUT2D eigenvalue weighted by molar-refractivity contribution is -0.114. The van der Waals surface area contributed by atoms with E-state index in [1.54, 1.807) is 18.2 Å². The summed E-state index contributed by atoms with van der Waals surface area (Å²) in [6, 6.07) is 7.07. The zero-order chi connectivity index (χ0) is 10.1. The average molecular weight is 254 g/mol. The van der Waals surface area contributed by atoms with Gasteiger partial charge in [-0.05, 0) is 12.1 Å². The Morgan fingerprint density at radius 1 is 1.21 bits per heavy atom. The molecule has 1 aliphatic rings. The molecule has 2 rings (SSSR count). The first-order chi connectivity index (χ1) is 6.75. The third-order valence-electron chi connectivity index (χ3n) is 2.19. The Morgan fingerprint density at radius 3 is 2.64 bits per heavy atom. The van der Waals surface area contributed by atoms with Crippen LogP contribution < -0.4 is 4.90 Å². The number of halogens is 1. The highest BCUT2D eigenvalue weighted by Gasteiger charge is 2.34. The molecule has 0 saturated heterocycles. The number of rotatable bonds is 2. The van der Waals surface area contributed by atoms with E-state index in [4.69, 9.17) is 0 Å². The second-order valence-electron chi connectivity index (χ2n) is 2.99. The lowest BCUT2D eigenvalue weighted by Crippen LogP contribution is -2.31. The molecule has 3 nitrogen and oxygen atoms in total. The molecule has 1 heterocycles. The monoisotopic (exact) mass is 253 g/mol. The summed E-state index contributed by atoms with van der Waals surface area (Å²) >= 11 is 3.25. The second-order valence-corrected chi connectivity index (χ2v) is 3.79. The predicted molar refractivity (Wildman–Crippen MR) is 56.9 cm³/mol. The van der Waals surface area contributed by atoms with E-state index < -0.39 is 11.7 Å². The van der Waals surface area contributed by atoms with Gasteiger partial charge in [0.2, 0.25) is 0 Å². The fourth-order valence-electron chi connectivity index (χ4n) is 1.55. The van der Waals surface area contributed by atoms with Gasteiger partial charge in [0.15, 0.2) is 0 Å². The third kappa shape index (κ3) is 1.26. The van der Waals surface area contributed by atoms with Crippen molar-refractivity contribution in [3.8, 4) is 0 Å². The van der Waals surface area contributed by atoms with Gasteiger partial charge in [0.05, 0.1) is 11.3 Å². The van der Waals surface area contributed by atoms with E-state index in [0.717, 1.165) is 5.69 Å². The van der Waals surface area contributed by atoms with Crippen LogP contribution in [0.4, 0.5) is 5.69 Å². The maximum Gasteiger partial charge on any atom is 0.299 e. The van der Waals surface area contributed by atoms with Gasteiger partial charge in [-0.2, -0.15) is 0 Å². The molecule has 0 bridgehead atoms. The molecular formula is C10H8BrNO2. The highest BCUT2D eigenvalue weighted by atomic mass is 79.9. The van der Waals surface area contributed by atoms with Crippen LogP contribution in [-0.4, -0.2) is 23.6 Å². The van der Waals surface area contributed by atoms with Crippen LogP contribution in [0.2, 0.25) is 0 Å². The number of carbonyl (C=O) groups excluding carboxylic acids is 2. The molecule has 0 unspecified atom stereocenters. The Balaban J connectivity index is 2.48. The van der Waals surface area contributed by atoms with E-state index in [2.05, 4.69) is 15.9 Å². The lowest BCUT2D eigenvalue weighted by atomic mass is 10.1. The van der Waals surface area contributed by atoms with E-state index >= 15 is 0 Å². The molecule has 0 fully saturated rings. The lowest BCUT2D eigenvalue weighted by Gasteiger charge is -2.13. The summed E-state index contributed by atoms with van der Waals surface area (Å²) in [5.74, 6) is -0.827. The number of carbonyl (C=O) groups is 2. The fourth-order valence-corrected chi connectivity index (χ4v) is 1.91. The van der Waals surface area contributed by atoms with Crippen LogP contribution in [0.1, 0.15) is 10.4 Å². The first-order valence-electron chi connectivity index (χ1n) is 4.27. The van der Waals surface area contributed by atoms with E-state index in [1.165, 1.54) is 4.90 Å². The van der Waals surface area contributed by atoms with Crippen LogP contribution in [0.15, 0.2) is 24.3 Å². The van der Waals surface area contributed by atoms with Crippen molar-refractivity contribution >= 4 is 33.3 Å². The third-order valence-corrected chi connectivity index (χ3v) is 2.54. The Bertz CT molecular complexity index is 403. The van der Waals surface area contributed by atoms with Gasteiger partial charge in [0.1, 0.15) is 0 Å². The number of benzene rings is 1. The van der Waals surface area contributed by atoms with Crippen molar-refractivity contribution in [3.63, 3.8) is 0 Å². The summed E-state index contributed by atoms with van der Waals surface area (Å²) in [4.78, 5) is 24.5. The molecule has 0 spiro atoms. The summed E-state index contributed by atoms with van der Waals surface area (Å²) < 4.78 is 0. The fraction of sp³-hybridized carbons (Fsp3) is 0.200. The molecule has 1 aromatic carbocycles. The Hall–Kier alpha value is -1.16. The highest BCUT2D eigenvalue weighted by molar-refractivity contribution is 9.09. The van der Waals surface area contributed by atoms with Crippen LogP contribution in [0.25, 0.3) is 0 Å². The molecule has 1 amide bonds. The molecule has 14 heavy (non-hydrogen) atoms. The van der Waals surface area contributed by atoms with Crippen molar-refractivity contribution in [2.45, 2.75) is 0 Å². The minimum absolute atomic E-state index is 0.401. The SMILES string of the molecule is O=C1C(=O)N(CCBr)c2ccccc21. The number of Topliss-reactive ketones (excluding diaryl/α,β-unsaturated/α-hetero) is 1. The zero-order valence-corrected chi connectivity index (χ0v) is 8.95. The largest absolute Gasteiger partial charge is 0.304 e. The van der Waals surface area contributed by atoms with Crippen molar-refractivity contribution in [2.24, 2.45) is 0 Å². The van der Waals surface area contributed by atoms with Gasteiger partial charge in [-0.25, -0.2) is 0 Å². The van der Waals surface area contributed by atoms with Crippen LogP contribution >= 0.6 is 15.9 Å².